The van der Waals surface area contributed by atoms with E-state index in [1.54, 1.807) is 12.1 Å². The van der Waals surface area contributed by atoms with Crippen LogP contribution < -0.4 is 10.6 Å². The van der Waals surface area contributed by atoms with E-state index < -0.39 is 6.04 Å². The second-order valence-electron chi connectivity index (χ2n) is 5.20. The summed E-state index contributed by atoms with van der Waals surface area (Å²) in [6, 6.07) is 4.75. The molecule has 0 spiro atoms. The predicted octanol–water partition coefficient (Wildman–Crippen LogP) is 2.81. The lowest BCUT2D eigenvalue weighted by Crippen LogP contribution is -2.49. The van der Waals surface area contributed by atoms with Crippen molar-refractivity contribution in [1.29, 1.82) is 0 Å². The Labute approximate surface area is 135 Å². The zero-order chi connectivity index (χ0) is 16.0. The van der Waals surface area contributed by atoms with E-state index in [2.05, 4.69) is 10.6 Å². The molecule has 6 heteroatoms. The van der Waals surface area contributed by atoms with Crippen LogP contribution in [0.3, 0.4) is 0 Å². The van der Waals surface area contributed by atoms with Gasteiger partial charge in [-0.15, -0.1) is 0 Å². The molecule has 1 aromatic carbocycles. The van der Waals surface area contributed by atoms with Gasteiger partial charge >= 0.3 is 0 Å². The number of benzene rings is 1. The normalized spacial score (nSPS) is 12.1. The maximum atomic E-state index is 12.1. The minimum absolute atomic E-state index is 0.0213. The number of rotatable bonds is 6. The lowest BCUT2D eigenvalue weighted by molar-refractivity contribution is -0.129. The maximum Gasteiger partial charge on any atom is 0.242 e. The van der Waals surface area contributed by atoms with Crippen LogP contribution in [-0.4, -0.2) is 24.4 Å². The highest BCUT2D eigenvalue weighted by Gasteiger charge is 2.22. The van der Waals surface area contributed by atoms with Gasteiger partial charge in [0.25, 0.3) is 0 Å². The molecule has 1 aromatic rings. The van der Waals surface area contributed by atoms with E-state index in [0.29, 0.717) is 23.0 Å². The molecular formula is C15H20Cl2N2O2. The SMILES string of the molecule is CC(=O)N[C@H](C(=O)NCCc1ccc(Cl)cc1Cl)C(C)C. The van der Waals surface area contributed by atoms with Crippen molar-refractivity contribution in [2.24, 2.45) is 5.92 Å². The summed E-state index contributed by atoms with van der Waals surface area (Å²) < 4.78 is 0. The van der Waals surface area contributed by atoms with Crippen molar-refractivity contribution >= 4 is 35.0 Å². The maximum absolute atomic E-state index is 12.1. The molecular weight excluding hydrogens is 311 g/mol. The average molecular weight is 331 g/mol. The highest BCUT2D eigenvalue weighted by Crippen LogP contribution is 2.21. The molecule has 0 aliphatic carbocycles. The number of amides is 2. The molecule has 0 unspecified atom stereocenters. The van der Waals surface area contributed by atoms with Crippen molar-refractivity contribution < 1.29 is 9.59 Å². The summed E-state index contributed by atoms with van der Waals surface area (Å²) >= 11 is 11.9. The Bertz CT molecular complexity index is 518. The Hall–Kier alpha value is -1.26. The first-order valence-electron chi connectivity index (χ1n) is 6.80. The van der Waals surface area contributed by atoms with E-state index in [1.807, 2.05) is 19.9 Å². The van der Waals surface area contributed by atoms with E-state index in [0.717, 1.165) is 5.56 Å². The molecule has 0 radical (unpaired) electrons. The fourth-order valence-corrected chi connectivity index (χ4v) is 2.41. The highest BCUT2D eigenvalue weighted by molar-refractivity contribution is 6.35. The van der Waals surface area contributed by atoms with Crippen molar-refractivity contribution in [3.63, 3.8) is 0 Å². The molecule has 0 fully saturated rings. The molecule has 2 N–H and O–H groups in total. The number of carbonyl (C=O) groups excluding carboxylic acids is 2. The van der Waals surface area contributed by atoms with Crippen LogP contribution in [0.15, 0.2) is 18.2 Å². The minimum atomic E-state index is -0.525. The van der Waals surface area contributed by atoms with Gasteiger partial charge in [-0.3, -0.25) is 9.59 Å². The number of hydrogen-bond acceptors (Lipinski definition) is 2. The van der Waals surface area contributed by atoms with Crippen LogP contribution in [0.4, 0.5) is 0 Å². The third kappa shape index (κ3) is 5.94. The Balaban J connectivity index is 2.53. The number of carbonyl (C=O) groups is 2. The topological polar surface area (TPSA) is 58.2 Å². The number of halogens is 2. The van der Waals surface area contributed by atoms with Crippen LogP contribution in [-0.2, 0) is 16.0 Å². The Kier molecular flexibility index (Phi) is 6.99. The van der Waals surface area contributed by atoms with Gasteiger partial charge in [-0.05, 0) is 30.0 Å². The molecule has 2 amide bonds. The predicted molar refractivity (Wildman–Crippen MR) is 85.6 cm³/mol. The lowest BCUT2D eigenvalue weighted by atomic mass is 10.0. The fourth-order valence-electron chi connectivity index (χ4n) is 1.91. The highest BCUT2D eigenvalue weighted by atomic mass is 35.5. The summed E-state index contributed by atoms with van der Waals surface area (Å²) in [6.07, 6.45) is 0.604. The lowest BCUT2D eigenvalue weighted by Gasteiger charge is -2.21. The van der Waals surface area contributed by atoms with Gasteiger partial charge in [0.05, 0.1) is 0 Å². The monoisotopic (exact) mass is 330 g/mol. The molecule has 0 bridgehead atoms. The molecule has 0 saturated carbocycles. The van der Waals surface area contributed by atoms with Gasteiger partial charge in [-0.25, -0.2) is 0 Å². The molecule has 0 aliphatic heterocycles. The van der Waals surface area contributed by atoms with Gasteiger partial charge in [0, 0.05) is 23.5 Å². The smallest absolute Gasteiger partial charge is 0.242 e. The van der Waals surface area contributed by atoms with Crippen LogP contribution >= 0.6 is 23.2 Å². The number of hydrogen-bond donors (Lipinski definition) is 2. The van der Waals surface area contributed by atoms with Crippen LogP contribution in [0.1, 0.15) is 26.3 Å². The van der Waals surface area contributed by atoms with E-state index in [9.17, 15) is 9.59 Å². The van der Waals surface area contributed by atoms with Crippen molar-refractivity contribution in [3.05, 3.63) is 33.8 Å². The van der Waals surface area contributed by atoms with E-state index in [1.165, 1.54) is 6.92 Å². The molecule has 4 nitrogen and oxygen atoms in total. The Morgan fingerprint density at radius 3 is 2.43 bits per heavy atom. The van der Waals surface area contributed by atoms with Gasteiger partial charge in [0.2, 0.25) is 11.8 Å². The Morgan fingerprint density at radius 1 is 1.24 bits per heavy atom. The Morgan fingerprint density at radius 2 is 1.90 bits per heavy atom. The van der Waals surface area contributed by atoms with E-state index in [4.69, 9.17) is 23.2 Å². The summed E-state index contributed by atoms with van der Waals surface area (Å²) in [5.74, 6) is -0.386. The molecule has 0 saturated heterocycles. The van der Waals surface area contributed by atoms with Gasteiger partial charge < -0.3 is 10.6 Å². The second kappa shape index (κ2) is 8.25. The molecule has 1 atom stereocenters. The zero-order valence-electron chi connectivity index (χ0n) is 12.4. The summed E-state index contributed by atoms with van der Waals surface area (Å²) in [7, 11) is 0. The zero-order valence-corrected chi connectivity index (χ0v) is 13.9. The van der Waals surface area contributed by atoms with E-state index in [-0.39, 0.29) is 17.7 Å². The largest absolute Gasteiger partial charge is 0.354 e. The van der Waals surface area contributed by atoms with Gasteiger partial charge in [-0.1, -0.05) is 43.1 Å². The third-order valence-corrected chi connectivity index (χ3v) is 3.60. The molecule has 21 heavy (non-hydrogen) atoms. The van der Waals surface area contributed by atoms with Crippen molar-refractivity contribution in [2.45, 2.75) is 33.2 Å². The number of nitrogens with one attached hydrogen (secondary N) is 2. The quantitative estimate of drug-likeness (QED) is 0.842. The van der Waals surface area contributed by atoms with Crippen LogP contribution in [0.2, 0.25) is 10.0 Å². The van der Waals surface area contributed by atoms with Crippen molar-refractivity contribution in [1.82, 2.24) is 10.6 Å². The van der Waals surface area contributed by atoms with Crippen LogP contribution in [0.25, 0.3) is 0 Å². The molecule has 0 aromatic heterocycles. The van der Waals surface area contributed by atoms with Crippen LogP contribution in [0, 0.1) is 5.92 Å². The minimum Gasteiger partial charge on any atom is -0.354 e. The van der Waals surface area contributed by atoms with E-state index >= 15 is 0 Å². The summed E-state index contributed by atoms with van der Waals surface area (Å²) in [4.78, 5) is 23.2. The van der Waals surface area contributed by atoms with Crippen LogP contribution in [0.5, 0.6) is 0 Å². The van der Waals surface area contributed by atoms with Crippen molar-refractivity contribution in [2.75, 3.05) is 6.54 Å². The summed E-state index contributed by atoms with van der Waals surface area (Å²) in [6.45, 7) is 5.62. The fraction of sp³-hybridized carbons (Fsp3) is 0.467. The second-order valence-corrected chi connectivity index (χ2v) is 6.04. The standard InChI is InChI=1S/C15H20Cl2N2O2/c1-9(2)14(19-10(3)20)15(21)18-7-6-11-4-5-12(16)8-13(11)17/h4-5,8-9,14H,6-7H2,1-3H3,(H,18,21)(H,19,20)/t14-/m0/s1. The first-order chi connectivity index (χ1) is 9.81. The molecule has 0 aliphatic rings. The average Bonchev–Trinajstić information content (AvgIpc) is 2.37. The van der Waals surface area contributed by atoms with Crippen molar-refractivity contribution in [3.8, 4) is 0 Å². The van der Waals surface area contributed by atoms with Gasteiger partial charge in [-0.2, -0.15) is 0 Å². The molecule has 0 heterocycles. The summed E-state index contributed by atoms with van der Waals surface area (Å²) in [5, 5.41) is 6.63. The molecule has 116 valence electrons. The van der Waals surface area contributed by atoms with Gasteiger partial charge in [0.1, 0.15) is 6.04 Å². The summed E-state index contributed by atoms with van der Waals surface area (Å²) in [5.41, 5.74) is 0.919. The first-order valence-corrected chi connectivity index (χ1v) is 7.55. The first kappa shape index (κ1) is 17.8. The third-order valence-electron chi connectivity index (χ3n) is 3.02. The van der Waals surface area contributed by atoms with Gasteiger partial charge in [0.15, 0.2) is 0 Å². The molecule has 1 rings (SSSR count).